The van der Waals surface area contributed by atoms with Gasteiger partial charge in [-0.25, -0.2) is 14.6 Å². The number of aryl methyl sites for hydroxylation is 2. The molecule has 1 atom stereocenters. The fourth-order valence-corrected chi connectivity index (χ4v) is 3.94. The van der Waals surface area contributed by atoms with Crippen molar-refractivity contribution in [2.75, 3.05) is 5.32 Å². The summed E-state index contributed by atoms with van der Waals surface area (Å²) in [5.74, 6) is 0.922. The molecule has 0 amide bonds. The van der Waals surface area contributed by atoms with E-state index in [1.807, 2.05) is 6.07 Å². The number of nitriles is 1. The van der Waals surface area contributed by atoms with Crippen molar-refractivity contribution in [3.8, 4) is 23.5 Å². The van der Waals surface area contributed by atoms with Gasteiger partial charge in [0, 0.05) is 17.3 Å². The molecule has 0 aliphatic heterocycles. The third-order valence-corrected chi connectivity index (χ3v) is 5.72. The zero-order valence-electron chi connectivity index (χ0n) is 20.5. The highest BCUT2D eigenvalue weighted by Gasteiger charge is 2.19. The second kappa shape index (κ2) is 9.83. The van der Waals surface area contributed by atoms with Gasteiger partial charge in [-0.15, -0.1) is 5.10 Å². The lowest BCUT2D eigenvalue weighted by atomic mass is 10.1. The van der Waals surface area contributed by atoms with Crippen molar-refractivity contribution in [2.45, 2.75) is 33.5 Å². The van der Waals surface area contributed by atoms with Crippen molar-refractivity contribution < 1.29 is 18.6 Å². The molecule has 5 rings (SSSR count). The summed E-state index contributed by atoms with van der Waals surface area (Å²) in [7, 11) is 0. The number of benzene rings is 1. The molecular formula is C25H21F2N9O2. The van der Waals surface area contributed by atoms with Crippen LogP contribution in [0.5, 0.6) is 5.75 Å². The number of pyridine rings is 1. The number of aliphatic hydroxyl groups excluding tert-OH is 1. The third kappa shape index (κ3) is 4.72. The van der Waals surface area contributed by atoms with Crippen molar-refractivity contribution in [3.63, 3.8) is 0 Å². The van der Waals surface area contributed by atoms with E-state index in [0.29, 0.717) is 45.4 Å². The van der Waals surface area contributed by atoms with Crippen LogP contribution in [0.15, 0.2) is 48.8 Å². The van der Waals surface area contributed by atoms with Crippen LogP contribution in [0.1, 0.15) is 35.7 Å². The average molecular weight is 518 g/mol. The Kier molecular flexibility index (Phi) is 6.39. The first-order valence-electron chi connectivity index (χ1n) is 11.4. The predicted octanol–water partition coefficient (Wildman–Crippen LogP) is 4.28. The summed E-state index contributed by atoms with van der Waals surface area (Å²) in [6.45, 7) is 2.07. The largest absolute Gasteiger partial charge is 0.433 e. The summed E-state index contributed by atoms with van der Waals surface area (Å²) in [4.78, 5) is 9.10. The first-order valence-corrected chi connectivity index (χ1v) is 11.4. The standard InChI is InChI=1S/C25H21F2N9O2/c1-13-4-6-22(33-32-13)30-19-9-18-20(10-21(19)38-25(26)27)35(12-29-18)23-7-5-17(15(3)37)24(31-23)36-14(2)8-16(11-28)34-36/h4-10,12,15,25,37H,1-3H3,(H,30,33). The number of fused-ring (bicyclic) bond motifs is 1. The number of nitrogens with zero attached hydrogens (tertiary/aromatic N) is 8. The number of nitrogens with one attached hydrogen (secondary N) is 1. The van der Waals surface area contributed by atoms with Gasteiger partial charge in [-0.3, -0.25) is 4.57 Å². The maximum absolute atomic E-state index is 13.3. The highest BCUT2D eigenvalue weighted by Crippen LogP contribution is 2.34. The van der Waals surface area contributed by atoms with Crippen LogP contribution in [-0.4, -0.2) is 46.2 Å². The van der Waals surface area contributed by atoms with Crippen LogP contribution in [0.4, 0.5) is 20.3 Å². The van der Waals surface area contributed by atoms with Gasteiger partial charge in [0.25, 0.3) is 0 Å². The van der Waals surface area contributed by atoms with E-state index >= 15 is 0 Å². The number of aromatic nitrogens is 7. The van der Waals surface area contributed by atoms with Crippen LogP contribution >= 0.6 is 0 Å². The monoisotopic (exact) mass is 517 g/mol. The SMILES string of the molecule is Cc1ccc(Nc2cc3ncn(-c4ccc(C(C)O)c(-n5nc(C#N)cc5C)n4)c3cc2OC(F)F)nn1. The molecule has 192 valence electrons. The number of rotatable bonds is 7. The molecule has 0 bridgehead atoms. The van der Waals surface area contributed by atoms with Gasteiger partial charge in [0.15, 0.2) is 23.1 Å². The molecule has 11 nitrogen and oxygen atoms in total. The van der Waals surface area contributed by atoms with E-state index in [1.165, 1.54) is 17.1 Å². The molecule has 1 aromatic carbocycles. The van der Waals surface area contributed by atoms with Crippen molar-refractivity contribution in [1.82, 2.24) is 34.5 Å². The van der Waals surface area contributed by atoms with Crippen molar-refractivity contribution >= 4 is 22.5 Å². The zero-order chi connectivity index (χ0) is 27.0. The summed E-state index contributed by atoms with van der Waals surface area (Å²) >= 11 is 0. The van der Waals surface area contributed by atoms with Gasteiger partial charge in [-0.2, -0.15) is 24.2 Å². The number of imidazole rings is 1. The summed E-state index contributed by atoms with van der Waals surface area (Å²) in [5, 5.41) is 34.8. The summed E-state index contributed by atoms with van der Waals surface area (Å²) in [6, 6.07) is 13.3. The molecule has 4 heterocycles. The number of anilines is 2. The molecule has 0 aliphatic rings. The van der Waals surface area contributed by atoms with Crippen LogP contribution in [0, 0.1) is 25.2 Å². The Balaban J connectivity index is 1.63. The van der Waals surface area contributed by atoms with E-state index in [2.05, 4.69) is 30.6 Å². The Morgan fingerprint density at radius 2 is 1.92 bits per heavy atom. The van der Waals surface area contributed by atoms with Crippen LogP contribution in [0.2, 0.25) is 0 Å². The second-order valence-electron chi connectivity index (χ2n) is 8.47. The first-order chi connectivity index (χ1) is 18.2. The lowest BCUT2D eigenvalue weighted by Crippen LogP contribution is -2.11. The number of hydrogen-bond acceptors (Lipinski definition) is 9. The molecule has 1 unspecified atom stereocenters. The minimum absolute atomic E-state index is 0.126. The van der Waals surface area contributed by atoms with Crippen LogP contribution in [0.25, 0.3) is 22.7 Å². The summed E-state index contributed by atoms with van der Waals surface area (Å²) < 4.78 is 34.5. The number of alkyl halides is 2. The Hall–Kier alpha value is -4.96. The number of ether oxygens (including phenoxy) is 1. The fraction of sp³-hybridized carbons (Fsp3) is 0.200. The number of hydrogen-bond donors (Lipinski definition) is 2. The maximum atomic E-state index is 13.3. The van der Waals surface area contributed by atoms with E-state index in [4.69, 9.17) is 4.74 Å². The zero-order valence-corrected chi connectivity index (χ0v) is 20.5. The molecule has 5 aromatic rings. The topological polar surface area (TPSA) is 140 Å². The molecule has 0 radical (unpaired) electrons. The lowest BCUT2D eigenvalue weighted by Gasteiger charge is -2.15. The molecule has 2 N–H and O–H groups in total. The molecule has 38 heavy (non-hydrogen) atoms. The Morgan fingerprint density at radius 1 is 1.11 bits per heavy atom. The second-order valence-corrected chi connectivity index (χ2v) is 8.47. The number of aliphatic hydroxyl groups is 1. The van der Waals surface area contributed by atoms with E-state index in [0.717, 1.165) is 0 Å². The molecule has 13 heteroatoms. The van der Waals surface area contributed by atoms with Crippen molar-refractivity contribution in [3.05, 3.63) is 71.4 Å². The Morgan fingerprint density at radius 3 is 2.58 bits per heavy atom. The summed E-state index contributed by atoms with van der Waals surface area (Å²) in [5.41, 5.74) is 3.18. The molecule has 4 aromatic heterocycles. The van der Waals surface area contributed by atoms with Gasteiger partial charge in [-0.05, 0) is 57.2 Å². The van der Waals surface area contributed by atoms with Gasteiger partial charge in [-0.1, -0.05) is 0 Å². The maximum Gasteiger partial charge on any atom is 0.387 e. The minimum atomic E-state index is -3.07. The van der Waals surface area contributed by atoms with Gasteiger partial charge < -0.3 is 15.2 Å². The molecular weight excluding hydrogens is 496 g/mol. The summed E-state index contributed by atoms with van der Waals surface area (Å²) in [6.07, 6.45) is 0.627. The van der Waals surface area contributed by atoms with Crippen molar-refractivity contribution in [1.29, 1.82) is 5.26 Å². The van der Waals surface area contributed by atoms with Gasteiger partial charge in [0.2, 0.25) is 0 Å². The Labute approximate surface area is 215 Å². The van der Waals surface area contributed by atoms with E-state index in [9.17, 15) is 19.1 Å². The van der Waals surface area contributed by atoms with E-state index in [-0.39, 0.29) is 17.1 Å². The van der Waals surface area contributed by atoms with Crippen LogP contribution in [0.3, 0.4) is 0 Å². The van der Waals surface area contributed by atoms with Gasteiger partial charge in [0.1, 0.15) is 18.2 Å². The van der Waals surface area contributed by atoms with Crippen LogP contribution < -0.4 is 10.1 Å². The van der Waals surface area contributed by atoms with Gasteiger partial charge >= 0.3 is 6.61 Å². The highest BCUT2D eigenvalue weighted by atomic mass is 19.3. The van der Waals surface area contributed by atoms with E-state index < -0.39 is 12.7 Å². The fourth-order valence-electron chi connectivity index (χ4n) is 3.94. The average Bonchev–Trinajstić information content (AvgIpc) is 3.47. The normalized spacial score (nSPS) is 12.1. The molecule has 0 saturated carbocycles. The quantitative estimate of drug-likeness (QED) is 0.324. The highest BCUT2D eigenvalue weighted by molar-refractivity contribution is 5.86. The predicted molar refractivity (Wildman–Crippen MR) is 133 cm³/mol. The lowest BCUT2D eigenvalue weighted by molar-refractivity contribution is -0.0492. The smallest absolute Gasteiger partial charge is 0.387 e. The van der Waals surface area contributed by atoms with Crippen molar-refractivity contribution in [2.24, 2.45) is 0 Å². The first kappa shape index (κ1) is 24.7. The molecule has 0 saturated heterocycles. The molecule has 0 aliphatic carbocycles. The molecule has 0 fully saturated rings. The molecule has 0 spiro atoms. The van der Waals surface area contributed by atoms with E-state index in [1.54, 1.807) is 61.7 Å². The third-order valence-electron chi connectivity index (χ3n) is 5.72. The van der Waals surface area contributed by atoms with Crippen LogP contribution in [-0.2, 0) is 0 Å². The minimum Gasteiger partial charge on any atom is -0.433 e. The number of halogens is 2. The van der Waals surface area contributed by atoms with Gasteiger partial charge in [0.05, 0.1) is 28.5 Å². The Bertz CT molecular complexity index is 1670.